The van der Waals surface area contributed by atoms with Gasteiger partial charge in [0, 0.05) is 13.2 Å². The highest BCUT2D eigenvalue weighted by molar-refractivity contribution is 5.67. The van der Waals surface area contributed by atoms with E-state index in [0.717, 1.165) is 6.54 Å². The van der Waals surface area contributed by atoms with Gasteiger partial charge < -0.3 is 20.5 Å². The zero-order valence-corrected chi connectivity index (χ0v) is 10.7. The minimum absolute atomic E-state index is 0.127. The van der Waals surface area contributed by atoms with Gasteiger partial charge in [0.2, 0.25) is 0 Å². The molecule has 0 radical (unpaired) electrons. The molecule has 1 amide bonds. The van der Waals surface area contributed by atoms with Gasteiger partial charge in [0.25, 0.3) is 0 Å². The first kappa shape index (κ1) is 15.2. The molecule has 0 aliphatic rings. The van der Waals surface area contributed by atoms with Gasteiger partial charge in [0.05, 0.1) is 0 Å². The second-order valence-electron chi connectivity index (χ2n) is 4.82. The van der Waals surface area contributed by atoms with E-state index in [4.69, 9.17) is 9.84 Å². The van der Waals surface area contributed by atoms with Crippen LogP contribution in [-0.4, -0.2) is 43.5 Å². The van der Waals surface area contributed by atoms with E-state index >= 15 is 0 Å². The predicted molar refractivity (Wildman–Crippen MR) is 63.4 cm³/mol. The molecule has 0 fully saturated rings. The highest BCUT2D eigenvalue weighted by atomic mass is 16.6. The molecule has 0 spiro atoms. The molecule has 0 rings (SSSR count). The molecule has 3 N–H and O–H groups in total. The van der Waals surface area contributed by atoms with Crippen molar-refractivity contribution >= 4 is 6.09 Å². The molecule has 1 atom stereocenters. The van der Waals surface area contributed by atoms with E-state index in [2.05, 4.69) is 10.6 Å². The number of aliphatic hydroxyl groups excluding tert-OH is 1. The van der Waals surface area contributed by atoms with Crippen LogP contribution >= 0.6 is 0 Å². The van der Waals surface area contributed by atoms with Gasteiger partial charge in [-0.1, -0.05) is 0 Å². The third-order valence-electron chi connectivity index (χ3n) is 1.96. The molecule has 0 aromatic carbocycles. The Morgan fingerprint density at radius 2 is 2.00 bits per heavy atom. The number of ether oxygens (including phenoxy) is 1. The number of nitrogens with one attached hydrogen (secondary N) is 2. The number of hydrogen-bond acceptors (Lipinski definition) is 4. The van der Waals surface area contributed by atoms with Crippen LogP contribution in [-0.2, 0) is 4.74 Å². The second kappa shape index (κ2) is 7.46. The Morgan fingerprint density at radius 1 is 1.38 bits per heavy atom. The Labute approximate surface area is 97.6 Å². The average Bonchev–Trinajstić information content (AvgIpc) is 2.12. The van der Waals surface area contributed by atoms with E-state index in [1.165, 1.54) is 0 Å². The van der Waals surface area contributed by atoms with Gasteiger partial charge in [-0.25, -0.2) is 4.79 Å². The molecule has 0 aromatic rings. The standard InChI is InChI=1S/C11H24N2O3/c1-11(2,3)16-10(15)13-8-9(5-6-14)7-12-4/h9,12,14H,5-8H2,1-4H3,(H,13,15). The summed E-state index contributed by atoms with van der Waals surface area (Å²) in [5, 5.41) is 14.6. The number of rotatable bonds is 6. The number of aliphatic hydroxyl groups is 1. The summed E-state index contributed by atoms with van der Waals surface area (Å²) < 4.78 is 5.11. The SMILES string of the molecule is CNCC(CCO)CNC(=O)OC(C)(C)C. The summed E-state index contributed by atoms with van der Waals surface area (Å²) in [6, 6.07) is 0. The Kier molecular flexibility index (Phi) is 7.08. The minimum Gasteiger partial charge on any atom is -0.444 e. The van der Waals surface area contributed by atoms with Crippen molar-refractivity contribution in [1.82, 2.24) is 10.6 Å². The zero-order valence-electron chi connectivity index (χ0n) is 10.7. The molecule has 0 saturated heterocycles. The van der Waals surface area contributed by atoms with Crippen molar-refractivity contribution in [3.63, 3.8) is 0 Å². The number of carbonyl (C=O) groups excluding carboxylic acids is 1. The van der Waals surface area contributed by atoms with Crippen LogP contribution in [0.2, 0.25) is 0 Å². The van der Waals surface area contributed by atoms with Crippen LogP contribution in [0.25, 0.3) is 0 Å². The molecule has 0 bridgehead atoms. The Morgan fingerprint density at radius 3 is 2.44 bits per heavy atom. The number of carbonyl (C=O) groups is 1. The van der Waals surface area contributed by atoms with E-state index in [1.54, 1.807) is 0 Å². The predicted octanol–water partition coefficient (Wildman–Crippen LogP) is 0.729. The first-order valence-electron chi connectivity index (χ1n) is 5.61. The monoisotopic (exact) mass is 232 g/mol. The fraction of sp³-hybridized carbons (Fsp3) is 0.909. The first-order chi connectivity index (χ1) is 7.39. The average molecular weight is 232 g/mol. The lowest BCUT2D eigenvalue weighted by atomic mass is 10.1. The van der Waals surface area contributed by atoms with E-state index in [9.17, 15) is 4.79 Å². The van der Waals surface area contributed by atoms with Crippen LogP contribution in [0.4, 0.5) is 4.79 Å². The molecule has 5 heteroatoms. The van der Waals surface area contributed by atoms with Crippen LogP contribution in [0.1, 0.15) is 27.2 Å². The lowest BCUT2D eigenvalue weighted by Gasteiger charge is -2.21. The van der Waals surface area contributed by atoms with Crippen LogP contribution in [0.5, 0.6) is 0 Å². The van der Waals surface area contributed by atoms with Gasteiger partial charge in [0.15, 0.2) is 0 Å². The highest BCUT2D eigenvalue weighted by Gasteiger charge is 2.17. The molecule has 16 heavy (non-hydrogen) atoms. The van der Waals surface area contributed by atoms with Crippen molar-refractivity contribution in [2.24, 2.45) is 5.92 Å². The van der Waals surface area contributed by atoms with Crippen LogP contribution in [0.3, 0.4) is 0 Å². The molecule has 0 aromatic heterocycles. The van der Waals surface area contributed by atoms with E-state index in [-0.39, 0.29) is 12.5 Å². The molecular formula is C11H24N2O3. The van der Waals surface area contributed by atoms with Gasteiger partial charge >= 0.3 is 6.09 Å². The van der Waals surface area contributed by atoms with Crippen molar-refractivity contribution in [2.45, 2.75) is 32.8 Å². The number of alkyl carbamates (subject to hydrolysis) is 1. The van der Waals surface area contributed by atoms with Crippen molar-refractivity contribution < 1.29 is 14.6 Å². The Balaban J connectivity index is 3.86. The Bertz CT molecular complexity index is 196. The van der Waals surface area contributed by atoms with Crippen molar-refractivity contribution in [2.75, 3.05) is 26.7 Å². The summed E-state index contributed by atoms with van der Waals surface area (Å²) >= 11 is 0. The van der Waals surface area contributed by atoms with E-state index in [1.807, 2.05) is 27.8 Å². The minimum atomic E-state index is -0.473. The fourth-order valence-corrected chi connectivity index (χ4v) is 1.29. The lowest BCUT2D eigenvalue weighted by molar-refractivity contribution is 0.0516. The highest BCUT2D eigenvalue weighted by Crippen LogP contribution is 2.07. The van der Waals surface area contributed by atoms with Crippen molar-refractivity contribution in [3.8, 4) is 0 Å². The topological polar surface area (TPSA) is 70.6 Å². The quantitative estimate of drug-likeness (QED) is 0.631. The van der Waals surface area contributed by atoms with Crippen LogP contribution in [0, 0.1) is 5.92 Å². The van der Waals surface area contributed by atoms with Gasteiger partial charge in [-0.2, -0.15) is 0 Å². The van der Waals surface area contributed by atoms with Crippen LogP contribution < -0.4 is 10.6 Å². The summed E-state index contributed by atoms with van der Waals surface area (Å²) in [4.78, 5) is 11.4. The summed E-state index contributed by atoms with van der Waals surface area (Å²) in [5.74, 6) is 0.225. The normalized spacial score (nSPS) is 13.3. The van der Waals surface area contributed by atoms with Gasteiger partial charge in [-0.05, 0) is 46.7 Å². The largest absolute Gasteiger partial charge is 0.444 e. The van der Waals surface area contributed by atoms with Gasteiger partial charge in [0.1, 0.15) is 5.60 Å². The smallest absolute Gasteiger partial charge is 0.407 e. The van der Waals surface area contributed by atoms with Crippen molar-refractivity contribution in [1.29, 1.82) is 0 Å². The van der Waals surface area contributed by atoms with E-state index in [0.29, 0.717) is 13.0 Å². The molecular weight excluding hydrogens is 208 g/mol. The van der Waals surface area contributed by atoms with Crippen molar-refractivity contribution in [3.05, 3.63) is 0 Å². The van der Waals surface area contributed by atoms with Crippen LogP contribution in [0.15, 0.2) is 0 Å². The maximum absolute atomic E-state index is 11.4. The molecule has 0 saturated carbocycles. The molecule has 0 aliphatic heterocycles. The molecule has 96 valence electrons. The first-order valence-corrected chi connectivity index (χ1v) is 5.61. The molecule has 0 heterocycles. The number of hydrogen-bond donors (Lipinski definition) is 3. The molecule has 0 aliphatic carbocycles. The second-order valence-corrected chi connectivity index (χ2v) is 4.82. The fourth-order valence-electron chi connectivity index (χ4n) is 1.29. The third kappa shape index (κ3) is 8.49. The van der Waals surface area contributed by atoms with E-state index < -0.39 is 11.7 Å². The molecule has 5 nitrogen and oxygen atoms in total. The summed E-state index contributed by atoms with van der Waals surface area (Å²) in [6.07, 6.45) is 0.253. The lowest BCUT2D eigenvalue weighted by Crippen LogP contribution is -2.37. The van der Waals surface area contributed by atoms with Gasteiger partial charge in [-0.3, -0.25) is 0 Å². The van der Waals surface area contributed by atoms with Gasteiger partial charge in [-0.15, -0.1) is 0 Å². The maximum Gasteiger partial charge on any atom is 0.407 e. The summed E-state index contributed by atoms with van der Waals surface area (Å²) in [6.45, 7) is 6.87. The number of amides is 1. The third-order valence-corrected chi connectivity index (χ3v) is 1.96. The summed E-state index contributed by atoms with van der Waals surface area (Å²) in [5.41, 5.74) is -0.473. The summed E-state index contributed by atoms with van der Waals surface area (Å²) in [7, 11) is 1.85. The zero-order chi connectivity index (χ0) is 12.6. The molecule has 1 unspecified atom stereocenters. The maximum atomic E-state index is 11.4. The Hall–Kier alpha value is -0.810.